The monoisotopic (exact) mass is 205 g/mol. The Kier molecular flexibility index (Phi) is 9190000. The van der Waals surface area contributed by atoms with Crippen LogP contribution < -0.4 is 6.15 Å². The summed E-state index contributed by atoms with van der Waals surface area (Å²) in [7, 11) is 0. The minimum Gasteiger partial charge on any atom is -0.412 e. The van der Waals surface area contributed by atoms with E-state index in [2.05, 4.69) is 0 Å². The van der Waals surface area contributed by atoms with Gasteiger partial charge in [-0.15, -0.1) is 17.0 Å². The molecule has 0 rings (SSSR count). The minimum atomic E-state index is 0. The summed E-state index contributed by atoms with van der Waals surface area (Å²) in [4.78, 5) is 0. The van der Waals surface area contributed by atoms with E-state index in [1.54, 1.807) is 0 Å². The van der Waals surface area contributed by atoms with Crippen molar-refractivity contribution < 1.29 is 32.9 Å². The van der Waals surface area contributed by atoms with E-state index in [0.29, 0.717) is 0 Å². The van der Waals surface area contributed by atoms with E-state index in [1.165, 1.54) is 0 Å². The molecule has 0 aliphatic carbocycles. The zero-order valence-corrected chi connectivity index (χ0v) is 5.83. The smallest absolute Gasteiger partial charge is 0.114 e. The maximum absolute atomic E-state index is 0. The molecule has 0 heterocycles. The van der Waals surface area contributed by atoms with Gasteiger partial charge < -0.3 is 39.0 Å². The first-order valence-electron chi connectivity index (χ1n) is 0. The standard InChI is InChI=1S/BrH.H3N.6H2O/h1H;1H3;6*1H2. The average molecular weight is 206 g/mol. The van der Waals surface area contributed by atoms with Crippen molar-refractivity contribution in [3.8, 4) is 0 Å². The third kappa shape index (κ3) is 4190. The first-order valence-corrected chi connectivity index (χ1v) is 0. The van der Waals surface area contributed by atoms with Crippen LogP contribution in [0.4, 0.5) is 0 Å². The van der Waals surface area contributed by atoms with Crippen molar-refractivity contribution >= 4 is 17.0 Å². The van der Waals surface area contributed by atoms with Gasteiger partial charge in [-0.25, -0.2) is 0 Å². The average Bonchev–Trinajstić information content (AvgIpc) is 0. The molecule has 0 bridgehead atoms. The van der Waals surface area contributed by atoms with Gasteiger partial charge in [-0.05, 0) is 0 Å². The maximum atomic E-state index is 0. The molecule has 8 heteroatoms. The van der Waals surface area contributed by atoms with Crippen molar-refractivity contribution in [3.63, 3.8) is 0 Å². The summed E-state index contributed by atoms with van der Waals surface area (Å²) >= 11 is 0. The summed E-state index contributed by atoms with van der Waals surface area (Å²) in [6.07, 6.45) is 0. The van der Waals surface area contributed by atoms with Gasteiger partial charge in [0, 0.05) is 0 Å². The lowest BCUT2D eigenvalue weighted by Gasteiger charge is -0.413. The molecule has 0 amide bonds. The molecule has 0 aliphatic heterocycles. The van der Waals surface area contributed by atoms with Crippen LogP contribution in [0.1, 0.15) is 0 Å². The Hall–Kier alpha value is 0.200. The van der Waals surface area contributed by atoms with Crippen LogP contribution in [-0.2, 0) is 0 Å². The SMILES string of the molecule is Br.N.O.O.O.O.O.O. The highest BCUT2D eigenvalue weighted by atomic mass is 79.9. The fourth-order valence-corrected chi connectivity index (χ4v) is 0. The van der Waals surface area contributed by atoms with Crippen molar-refractivity contribution in [2.45, 2.75) is 0 Å². The summed E-state index contributed by atoms with van der Waals surface area (Å²) in [6, 6.07) is 0. The molecule has 0 saturated carbocycles. The van der Waals surface area contributed by atoms with Crippen molar-refractivity contribution in [2.24, 2.45) is 0 Å². The summed E-state index contributed by atoms with van der Waals surface area (Å²) in [5.74, 6) is 0. The lowest BCUT2D eigenvalue weighted by molar-refractivity contribution is 0.823. The number of rotatable bonds is 0. The van der Waals surface area contributed by atoms with E-state index in [0.717, 1.165) is 0 Å². The van der Waals surface area contributed by atoms with Gasteiger partial charge in [0.05, 0.1) is 0 Å². The molecular formula is H16BrNO6. The summed E-state index contributed by atoms with van der Waals surface area (Å²) in [5.41, 5.74) is 0. The van der Waals surface area contributed by atoms with Crippen molar-refractivity contribution in [3.05, 3.63) is 0 Å². The molecule has 64 valence electrons. The molecule has 0 aromatic carbocycles. The lowest BCUT2D eigenvalue weighted by atomic mass is 14.0. The summed E-state index contributed by atoms with van der Waals surface area (Å²) in [6.45, 7) is 0. The summed E-state index contributed by atoms with van der Waals surface area (Å²) in [5, 5.41) is 0. The third-order valence-electron chi connectivity index (χ3n) is 0. The Bertz CT molecular complexity index is 8.49. The Morgan fingerprint density at radius 2 is 0.375 bits per heavy atom. The Morgan fingerprint density at radius 3 is 0.375 bits per heavy atom. The van der Waals surface area contributed by atoms with Crippen LogP contribution in [0, 0.1) is 0 Å². The van der Waals surface area contributed by atoms with Gasteiger partial charge in [0.15, 0.2) is 0 Å². The van der Waals surface area contributed by atoms with Gasteiger partial charge in [0.1, 0.15) is 0 Å². The van der Waals surface area contributed by atoms with Gasteiger partial charge in [-0.3, -0.25) is 0 Å². The predicted octanol–water partition coefficient (Wildman–Crippen LogP) is -4.21. The van der Waals surface area contributed by atoms with Crippen LogP contribution in [0.15, 0.2) is 0 Å². The molecular weight excluding hydrogens is 190 g/mol. The topological polar surface area (TPSA) is 224 Å². The highest BCUT2D eigenvalue weighted by Crippen LogP contribution is 0.846. The first-order chi connectivity index (χ1) is 0. The first kappa shape index (κ1) is 10600. The van der Waals surface area contributed by atoms with E-state index in [-0.39, 0.29) is 56.0 Å². The maximum Gasteiger partial charge on any atom is -0.114 e. The van der Waals surface area contributed by atoms with Crippen LogP contribution in [0.5, 0.6) is 0 Å². The Labute approximate surface area is 56.9 Å². The van der Waals surface area contributed by atoms with E-state index < -0.39 is 0 Å². The second-order valence-electron chi connectivity index (χ2n) is 0. The van der Waals surface area contributed by atoms with E-state index in [4.69, 9.17) is 0 Å². The van der Waals surface area contributed by atoms with Gasteiger partial charge >= 0.3 is 0 Å². The molecule has 0 aliphatic rings. The van der Waals surface area contributed by atoms with Crippen molar-refractivity contribution in [1.29, 1.82) is 0 Å². The largest absolute Gasteiger partial charge is 0.412 e. The van der Waals surface area contributed by atoms with Crippen molar-refractivity contribution in [2.75, 3.05) is 0 Å². The molecule has 0 spiro atoms. The predicted molar refractivity (Wildman–Crippen MR) is 37.0 cm³/mol. The second kappa shape index (κ2) is 6920. The molecule has 0 aromatic heterocycles. The third-order valence-corrected chi connectivity index (χ3v) is 0. The molecule has 0 fully saturated rings. The van der Waals surface area contributed by atoms with Crippen molar-refractivity contribution in [1.82, 2.24) is 6.15 Å². The van der Waals surface area contributed by atoms with Crippen LogP contribution in [0.3, 0.4) is 0 Å². The normalized spacial score (nSPS) is 0. The van der Waals surface area contributed by atoms with Crippen LogP contribution >= 0.6 is 17.0 Å². The highest BCUT2D eigenvalue weighted by molar-refractivity contribution is 8.93. The van der Waals surface area contributed by atoms with E-state index in [9.17, 15) is 0 Å². The molecule has 7 nitrogen and oxygen atoms in total. The molecule has 0 saturated heterocycles. The fraction of sp³-hybridized carbons (Fsp3) is 0. The molecule has 0 radical (unpaired) electrons. The highest BCUT2D eigenvalue weighted by Gasteiger charge is -0.114. The fourth-order valence-electron chi connectivity index (χ4n) is 0. The van der Waals surface area contributed by atoms with Crippen LogP contribution in [-0.4, -0.2) is 32.9 Å². The quantitative estimate of drug-likeness (QED) is 0.408. The van der Waals surface area contributed by atoms with Gasteiger partial charge in [-0.2, -0.15) is 0 Å². The number of hydrogen-bond donors (Lipinski definition) is 1. The minimum absolute atomic E-state index is 0. The molecule has 15 N–H and O–H groups in total. The Balaban J connectivity index is 0. The Morgan fingerprint density at radius 1 is 0.375 bits per heavy atom. The number of halogens is 1. The van der Waals surface area contributed by atoms with Gasteiger partial charge in [-0.1, -0.05) is 0 Å². The van der Waals surface area contributed by atoms with Gasteiger partial charge in [0.25, 0.3) is 0 Å². The van der Waals surface area contributed by atoms with Crippen LogP contribution in [0.25, 0.3) is 0 Å². The molecule has 0 atom stereocenters. The molecule has 8 heavy (non-hydrogen) atoms. The summed E-state index contributed by atoms with van der Waals surface area (Å²) < 4.78 is 0. The molecule has 0 aromatic rings. The molecule has 0 unspecified atom stereocenters. The zero-order chi connectivity index (χ0) is 0. The second-order valence-corrected chi connectivity index (χ2v) is 0. The number of hydrogen-bond acceptors (Lipinski definition) is 1. The van der Waals surface area contributed by atoms with E-state index >= 15 is 0 Å². The van der Waals surface area contributed by atoms with Crippen LogP contribution in [0.2, 0.25) is 0 Å². The zero-order valence-electron chi connectivity index (χ0n) is 4.12. The van der Waals surface area contributed by atoms with Gasteiger partial charge in [0.2, 0.25) is 0 Å². The van der Waals surface area contributed by atoms with E-state index in [1.807, 2.05) is 0 Å². The lowest BCUT2D eigenvalue weighted by Crippen LogP contribution is -0.481.